The van der Waals surface area contributed by atoms with E-state index in [0.717, 1.165) is 12.0 Å². The minimum atomic E-state index is -1.47. The van der Waals surface area contributed by atoms with Gasteiger partial charge < -0.3 is 20.3 Å². The number of benzene rings is 2. The predicted molar refractivity (Wildman–Crippen MR) is 118 cm³/mol. The molecule has 6 N–H and O–H groups in total. The van der Waals surface area contributed by atoms with Crippen molar-refractivity contribution in [1.29, 1.82) is 0 Å². The van der Waals surface area contributed by atoms with Crippen LogP contribution < -0.4 is 26.2 Å². The number of rotatable bonds is 7. The lowest BCUT2D eigenvalue weighted by Crippen LogP contribution is -2.49. The van der Waals surface area contributed by atoms with Crippen molar-refractivity contribution in [3.05, 3.63) is 63.6 Å². The Morgan fingerprint density at radius 2 is 1.97 bits per heavy atom. The molecule has 7 nitrogen and oxygen atoms in total. The minimum absolute atomic E-state index is 0.226. The van der Waals surface area contributed by atoms with Crippen LogP contribution in [0.2, 0.25) is 10.0 Å². The first-order valence-corrected chi connectivity index (χ1v) is 10.7. The smallest absolute Gasteiger partial charge is 0.195 e. The van der Waals surface area contributed by atoms with Crippen LogP contribution in [-0.4, -0.2) is 30.3 Å². The van der Waals surface area contributed by atoms with Crippen LogP contribution in [0.1, 0.15) is 11.1 Å². The second kappa shape index (κ2) is 9.71. The van der Waals surface area contributed by atoms with Gasteiger partial charge in [-0.3, -0.25) is 5.32 Å². The number of nitrogens with zero attached hydrogens (tertiary/aromatic N) is 1. The fraction of sp³-hybridized carbons (Fsp3) is 0.211. The third kappa shape index (κ3) is 5.36. The lowest BCUT2D eigenvalue weighted by Gasteiger charge is -2.23. The van der Waals surface area contributed by atoms with E-state index < -0.39 is 11.4 Å². The van der Waals surface area contributed by atoms with Crippen LogP contribution in [0.5, 0.6) is 5.75 Å². The topological polar surface area (TPSA) is 121 Å². The van der Waals surface area contributed by atoms with E-state index in [2.05, 4.69) is 15.6 Å². The van der Waals surface area contributed by atoms with Gasteiger partial charge in [0.1, 0.15) is 6.17 Å². The molecule has 0 bridgehead atoms. The van der Waals surface area contributed by atoms with Gasteiger partial charge in [0.15, 0.2) is 16.6 Å². The van der Waals surface area contributed by atoms with Gasteiger partial charge in [0.05, 0.1) is 34.2 Å². The molecule has 0 spiro atoms. The van der Waals surface area contributed by atoms with Crippen molar-refractivity contribution >= 4 is 46.2 Å². The zero-order chi connectivity index (χ0) is 21.0. The molecule has 1 aliphatic heterocycles. The van der Waals surface area contributed by atoms with Gasteiger partial charge in [0.2, 0.25) is 0 Å². The molecule has 0 radical (unpaired) electrons. The quantitative estimate of drug-likeness (QED) is 0.477. The van der Waals surface area contributed by atoms with E-state index in [0.29, 0.717) is 38.5 Å². The third-order valence-corrected chi connectivity index (χ3v) is 5.74. The summed E-state index contributed by atoms with van der Waals surface area (Å²) in [6.07, 6.45) is 2.44. The number of hydrogen-bond acceptors (Lipinski definition) is 7. The summed E-state index contributed by atoms with van der Waals surface area (Å²) in [7, 11) is 1.51. The fourth-order valence-corrected chi connectivity index (χ4v) is 3.92. The van der Waals surface area contributed by atoms with Crippen LogP contribution >= 0.6 is 23.2 Å². The lowest BCUT2D eigenvalue weighted by atomic mass is 10.1. The first-order chi connectivity index (χ1) is 13.9. The monoisotopic (exact) mass is 453 g/mol. The van der Waals surface area contributed by atoms with Crippen molar-refractivity contribution in [2.75, 3.05) is 13.7 Å². The molecular weight excluding hydrogens is 433 g/mol. The first kappa shape index (κ1) is 21.8. The summed E-state index contributed by atoms with van der Waals surface area (Å²) in [5.41, 5.74) is 8.34. The van der Waals surface area contributed by atoms with E-state index in [1.165, 1.54) is 7.11 Å². The molecule has 1 unspecified atom stereocenters. The summed E-state index contributed by atoms with van der Waals surface area (Å²) < 4.78 is 16.5. The van der Waals surface area contributed by atoms with Crippen LogP contribution in [0.3, 0.4) is 0 Å². The second-order valence-corrected chi connectivity index (χ2v) is 8.11. The molecule has 1 aliphatic rings. The second-order valence-electron chi connectivity index (χ2n) is 6.26. The molecule has 10 heteroatoms. The summed E-state index contributed by atoms with van der Waals surface area (Å²) in [6.45, 7) is 0.678. The highest BCUT2D eigenvalue weighted by Gasteiger charge is 2.19. The van der Waals surface area contributed by atoms with Crippen molar-refractivity contribution in [2.24, 2.45) is 15.9 Å². The Hall–Kier alpha value is -1.94. The highest BCUT2D eigenvalue weighted by Crippen LogP contribution is 2.38. The molecule has 1 heterocycles. The predicted octanol–water partition coefficient (Wildman–Crippen LogP) is 2.40. The molecular formula is C19H21Cl2N5O2S. The Balaban J connectivity index is 1.68. The molecule has 0 saturated carbocycles. The van der Waals surface area contributed by atoms with E-state index in [4.69, 9.17) is 38.8 Å². The van der Waals surface area contributed by atoms with Gasteiger partial charge in [0.25, 0.3) is 0 Å². The molecule has 0 saturated heterocycles. The summed E-state index contributed by atoms with van der Waals surface area (Å²) in [4.78, 5) is 4.94. The average Bonchev–Trinajstić information content (AvgIpc) is 2.68. The van der Waals surface area contributed by atoms with E-state index in [9.17, 15) is 4.55 Å². The molecule has 29 heavy (non-hydrogen) atoms. The Kier molecular flexibility index (Phi) is 7.28. The lowest BCUT2D eigenvalue weighted by molar-refractivity contribution is 0.415. The maximum Gasteiger partial charge on any atom is 0.195 e. The van der Waals surface area contributed by atoms with Crippen LogP contribution in [0.4, 0.5) is 0 Å². The van der Waals surface area contributed by atoms with Crippen LogP contribution in [0, 0.1) is 0 Å². The minimum Gasteiger partial charge on any atom is -0.593 e. The third-order valence-electron chi connectivity index (χ3n) is 4.33. The molecule has 2 aromatic carbocycles. The number of nitrogens with two attached hydrogens (primary N) is 2. The average molecular weight is 454 g/mol. The molecule has 0 amide bonds. The zero-order valence-electron chi connectivity index (χ0n) is 15.6. The van der Waals surface area contributed by atoms with E-state index in [1.54, 1.807) is 24.3 Å². The first-order valence-electron chi connectivity index (χ1n) is 8.72. The zero-order valence-corrected chi connectivity index (χ0v) is 17.9. The van der Waals surface area contributed by atoms with Gasteiger partial charge >= 0.3 is 0 Å². The Morgan fingerprint density at radius 3 is 2.62 bits per heavy atom. The van der Waals surface area contributed by atoms with Crippen molar-refractivity contribution in [3.8, 4) is 5.75 Å². The van der Waals surface area contributed by atoms with Crippen molar-refractivity contribution in [3.63, 3.8) is 0 Å². The maximum absolute atomic E-state index is 11.3. The Labute approximate surface area is 182 Å². The molecule has 0 fully saturated rings. The molecule has 2 atom stereocenters. The summed E-state index contributed by atoms with van der Waals surface area (Å²) in [6, 6.07) is 10.8. The van der Waals surface area contributed by atoms with E-state index in [-0.39, 0.29) is 12.1 Å². The number of ether oxygens (including phenoxy) is 1. The van der Waals surface area contributed by atoms with Gasteiger partial charge in [0, 0.05) is 12.1 Å². The Bertz CT molecular complexity index is 935. The molecule has 0 aromatic heterocycles. The molecule has 0 aliphatic carbocycles. The fourth-order valence-electron chi connectivity index (χ4n) is 2.90. The SMILES string of the molecule is COc1c(Cl)ccc(C2=CC(NCCc3ccc([S@+](N)[O-])cc3)NC(N)=N2)c1Cl. The Morgan fingerprint density at radius 1 is 1.24 bits per heavy atom. The van der Waals surface area contributed by atoms with Crippen molar-refractivity contribution in [1.82, 2.24) is 10.6 Å². The summed E-state index contributed by atoms with van der Waals surface area (Å²) in [5.74, 6) is 0.671. The van der Waals surface area contributed by atoms with Crippen LogP contribution in [0.25, 0.3) is 5.70 Å². The van der Waals surface area contributed by atoms with Gasteiger partial charge in [-0.1, -0.05) is 35.3 Å². The highest BCUT2D eigenvalue weighted by atomic mass is 35.5. The largest absolute Gasteiger partial charge is 0.593 e. The highest BCUT2D eigenvalue weighted by molar-refractivity contribution is 7.89. The van der Waals surface area contributed by atoms with Crippen LogP contribution in [0.15, 0.2) is 52.4 Å². The maximum atomic E-state index is 11.3. The summed E-state index contributed by atoms with van der Waals surface area (Å²) in [5, 5.41) is 12.6. The van der Waals surface area contributed by atoms with Gasteiger partial charge in [-0.2, -0.15) is 0 Å². The number of hydrogen-bond donors (Lipinski definition) is 4. The molecule has 2 aromatic rings. The number of nitrogens with one attached hydrogen (secondary N) is 2. The van der Waals surface area contributed by atoms with Gasteiger partial charge in [-0.05, 0) is 42.3 Å². The van der Waals surface area contributed by atoms with Crippen molar-refractivity contribution < 1.29 is 9.29 Å². The standard InChI is InChI=1S/C19H21Cl2N5O2S/c1-28-18-14(20)7-6-13(17(18)21)15-10-16(26-19(22)25-15)24-9-8-11-2-4-12(5-3-11)29(23)27/h2-7,10,16,24H,8-9,23H2,1H3,(H3,22,25,26)/t16?,29-/m1/s1. The molecule has 154 valence electrons. The number of aliphatic imine (C=N–C) groups is 1. The van der Waals surface area contributed by atoms with Crippen LogP contribution in [-0.2, 0) is 17.8 Å². The van der Waals surface area contributed by atoms with Crippen molar-refractivity contribution in [2.45, 2.75) is 17.5 Å². The van der Waals surface area contributed by atoms with E-state index in [1.807, 2.05) is 18.2 Å². The number of methoxy groups -OCH3 is 1. The number of guanidine groups is 1. The summed E-state index contributed by atoms with van der Waals surface area (Å²) >= 11 is 11.1. The van der Waals surface area contributed by atoms with E-state index >= 15 is 0 Å². The normalized spacial score (nSPS) is 17.2. The van der Waals surface area contributed by atoms with Gasteiger partial charge in [-0.25, -0.2) is 4.99 Å². The molecule has 3 rings (SSSR count). The number of halogens is 2. The van der Waals surface area contributed by atoms with Gasteiger partial charge in [-0.15, -0.1) is 5.14 Å².